The van der Waals surface area contributed by atoms with Gasteiger partial charge in [-0.2, -0.15) is 0 Å². The van der Waals surface area contributed by atoms with E-state index in [1.54, 1.807) is 0 Å². The zero-order chi connectivity index (χ0) is 55.4. The summed E-state index contributed by atoms with van der Waals surface area (Å²) >= 11 is 0. The molecule has 6 heterocycles. The van der Waals surface area contributed by atoms with Crippen molar-refractivity contribution in [3.05, 3.63) is 198 Å². The highest BCUT2D eigenvalue weighted by molar-refractivity contribution is 7.00. The summed E-state index contributed by atoms with van der Waals surface area (Å²) in [6.07, 6.45) is 9.53. The maximum Gasteiger partial charge on any atom is 0.252 e. The highest BCUT2D eigenvalue weighted by Crippen LogP contribution is 2.64. The number of fused-ring (bicyclic) bond motifs is 16. The lowest BCUT2D eigenvalue weighted by Gasteiger charge is -2.51. The molecule has 17 rings (SSSR count). The Morgan fingerprint density at radius 2 is 0.951 bits per heavy atom. The van der Waals surface area contributed by atoms with Crippen LogP contribution in [0.1, 0.15) is 122 Å². The van der Waals surface area contributed by atoms with Crippen molar-refractivity contribution in [2.75, 3.05) is 19.6 Å². The fourth-order valence-electron chi connectivity index (χ4n) is 17.5. The van der Waals surface area contributed by atoms with E-state index >= 15 is 0 Å². The van der Waals surface area contributed by atoms with E-state index in [1.807, 2.05) is 0 Å². The van der Waals surface area contributed by atoms with Gasteiger partial charge in [-0.1, -0.05) is 157 Å². The van der Waals surface area contributed by atoms with Crippen molar-refractivity contribution < 1.29 is 8.83 Å². The van der Waals surface area contributed by atoms with E-state index in [0.717, 1.165) is 68.1 Å². The number of para-hydroxylation sites is 4. The summed E-state index contributed by atoms with van der Waals surface area (Å²) in [5.74, 6) is 0. The van der Waals surface area contributed by atoms with E-state index in [4.69, 9.17) is 8.83 Å². The van der Waals surface area contributed by atoms with Crippen LogP contribution in [-0.4, -0.2) is 17.8 Å². The van der Waals surface area contributed by atoms with Crippen LogP contribution < -0.4 is 36.0 Å². The Morgan fingerprint density at radius 1 is 0.427 bits per heavy atom. The third-order valence-corrected chi connectivity index (χ3v) is 21.9. The maximum atomic E-state index is 7.10. The number of anilines is 10. The molecule has 0 bridgehead atoms. The molecule has 0 saturated heterocycles. The molecule has 404 valence electrons. The van der Waals surface area contributed by atoms with Crippen molar-refractivity contribution in [2.24, 2.45) is 0 Å². The topological polar surface area (TPSA) is 39.2 Å². The van der Waals surface area contributed by atoms with Gasteiger partial charge < -0.3 is 28.4 Å². The van der Waals surface area contributed by atoms with Crippen LogP contribution in [-0.2, 0) is 16.2 Å². The van der Waals surface area contributed by atoms with Crippen molar-refractivity contribution in [1.82, 2.24) is 0 Å². The molecule has 6 nitrogen and oxygen atoms in total. The predicted molar refractivity (Wildman–Crippen MR) is 344 cm³/mol. The summed E-state index contributed by atoms with van der Waals surface area (Å²) < 4.78 is 13.9. The summed E-state index contributed by atoms with van der Waals surface area (Å²) in [6.45, 7) is 19.5. The molecule has 0 N–H and O–H groups in total. The Labute approximate surface area is 482 Å². The fourth-order valence-corrected chi connectivity index (χ4v) is 17.5. The molecule has 6 aliphatic rings. The first-order valence-electron chi connectivity index (χ1n) is 30.4. The summed E-state index contributed by atoms with van der Waals surface area (Å²) in [6, 6.07) is 67.3. The van der Waals surface area contributed by atoms with Crippen molar-refractivity contribution in [1.29, 1.82) is 0 Å². The Balaban J connectivity index is 0.958. The lowest BCUT2D eigenvalue weighted by atomic mass is 9.33. The second-order valence-electron chi connectivity index (χ2n) is 27.1. The van der Waals surface area contributed by atoms with Crippen LogP contribution in [0.4, 0.5) is 56.9 Å². The van der Waals surface area contributed by atoms with E-state index in [1.165, 1.54) is 123 Å². The van der Waals surface area contributed by atoms with Gasteiger partial charge in [0.05, 0.1) is 27.8 Å². The molecule has 4 atom stereocenters. The Morgan fingerprint density at radius 3 is 1.63 bits per heavy atom. The highest BCUT2D eigenvalue weighted by Gasteiger charge is 2.60. The lowest BCUT2D eigenvalue weighted by molar-refractivity contribution is 0.195. The lowest BCUT2D eigenvalue weighted by Crippen LogP contribution is -2.61. The fraction of sp³-hybridized carbons (Fsp3) is 0.280. The third kappa shape index (κ3) is 6.17. The molecule has 2 aromatic heterocycles. The van der Waals surface area contributed by atoms with Crippen LogP contribution >= 0.6 is 0 Å². The van der Waals surface area contributed by atoms with Gasteiger partial charge in [0, 0.05) is 72.5 Å². The van der Waals surface area contributed by atoms with Crippen molar-refractivity contribution >= 4 is 124 Å². The first-order valence-corrected chi connectivity index (χ1v) is 30.4. The zero-order valence-electron chi connectivity index (χ0n) is 48.6. The van der Waals surface area contributed by atoms with E-state index in [9.17, 15) is 0 Å². The minimum atomic E-state index is -0.135. The molecule has 2 fully saturated rings. The molecule has 0 spiro atoms. The van der Waals surface area contributed by atoms with Gasteiger partial charge in [-0.25, -0.2) is 0 Å². The third-order valence-electron chi connectivity index (χ3n) is 21.9. The summed E-state index contributed by atoms with van der Waals surface area (Å²) in [5, 5.41) is 4.48. The van der Waals surface area contributed by atoms with Crippen LogP contribution in [0.15, 0.2) is 185 Å². The van der Waals surface area contributed by atoms with Gasteiger partial charge in [0.25, 0.3) is 6.71 Å². The van der Waals surface area contributed by atoms with Crippen LogP contribution in [0.25, 0.3) is 43.9 Å². The Hall–Kier alpha value is -8.16. The van der Waals surface area contributed by atoms with Gasteiger partial charge >= 0.3 is 0 Å². The number of nitrogens with zero attached hydrogens (tertiary/aromatic N) is 4. The number of rotatable bonds is 4. The highest BCUT2D eigenvalue weighted by atomic mass is 16.3. The summed E-state index contributed by atoms with van der Waals surface area (Å²) in [5.41, 5.74) is 24.8. The minimum absolute atomic E-state index is 0.0143. The summed E-state index contributed by atoms with van der Waals surface area (Å²) in [7, 11) is 0. The number of benzene rings is 9. The molecular formula is C75H69BN4O2. The van der Waals surface area contributed by atoms with Gasteiger partial charge in [0.1, 0.15) is 16.7 Å². The number of furan rings is 2. The average Bonchev–Trinajstić information content (AvgIpc) is 1.48. The first kappa shape index (κ1) is 48.5. The molecule has 4 aliphatic heterocycles. The zero-order valence-corrected chi connectivity index (χ0v) is 48.6. The van der Waals surface area contributed by atoms with Crippen LogP contribution in [0.2, 0.25) is 0 Å². The molecule has 2 aliphatic carbocycles. The quantitative estimate of drug-likeness (QED) is 0.164. The SMILES string of the molecule is Cc1cc2c3c(c1)N(c1cccc4oc5ccccc5c14)c1cc(N4c5ccccc5C5(C)CCCCC45C)ccc1B3c1ccc(N3c4ccc(C(C)(C)C)cc4C4(C)CCCCC34C)cc1N2c1cccc2c1oc1ccccc12. The van der Waals surface area contributed by atoms with Crippen molar-refractivity contribution in [2.45, 2.75) is 134 Å². The van der Waals surface area contributed by atoms with Gasteiger partial charge in [0.2, 0.25) is 0 Å². The molecule has 7 heteroatoms. The molecule has 0 amide bonds. The van der Waals surface area contributed by atoms with Gasteiger partial charge in [-0.15, -0.1) is 0 Å². The van der Waals surface area contributed by atoms with Crippen LogP contribution in [0.5, 0.6) is 0 Å². The van der Waals surface area contributed by atoms with Gasteiger partial charge in [-0.05, 0) is 169 Å². The predicted octanol–water partition coefficient (Wildman–Crippen LogP) is 18.7. The molecule has 9 aromatic carbocycles. The molecular weight excluding hydrogens is 1000 g/mol. The minimum Gasteiger partial charge on any atom is -0.456 e. The monoisotopic (exact) mass is 1070 g/mol. The normalized spacial score (nSPS) is 23.3. The number of aryl methyl sites for hydroxylation is 1. The first-order chi connectivity index (χ1) is 39.7. The molecule has 4 unspecified atom stereocenters. The van der Waals surface area contributed by atoms with Gasteiger partial charge in [-0.3, -0.25) is 0 Å². The Kier molecular flexibility index (Phi) is 9.78. The maximum absolute atomic E-state index is 7.10. The van der Waals surface area contributed by atoms with E-state index in [2.05, 4.69) is 251 Å². The Bertz CT molecular complexity index is 4560. The second kappa shape index (κ2) is 16.5. The largest absolute Gasteiger partial charge is 0.456 e. The number of hydrogen-bond donors (Lipinski definition) is 0. The molecule has 82 heavy (non-hydrogen) atoms. The van der Waals surface area contributed by atoms with Crippen molar-refractivity contribution in [3.8, 4) is 0 Å². The van der Waals surface area contributed by atoms with E-state index in [-0.39, 0.29) is 34.0 Å². The van der Waals surface area contributed by atoms with Crippen LogP contribution in [0, 0.1) is 6.92 Å². The molecule has 2 saturated carbocycles. The smallest absolute Gasteiger partial charge is 0.252 e. The standard InChI is InChI=1S/C75H69BN4O2/c1-46-41-63-69-64(42-46)78(60-27-19-23-51-50-21-9-13-28-65(50)82-70(51)60)62-45-49(80-58-36-31-47(71(2,3)4)43-54(58)73(6)38-16-18-40-75(73,80)8)33-35-56(62)76(69)55-34-32-48(79-57-25-12-11-24-53(57)72(5)37-15-17-39-74(72,79)7)44-61(55)77(63)59-26-20-30-67-68(59)52-22-10-14-29-66(52)81-67/h9-14,19-36,41-45H,15-18,37-40H2,1-8H3. The van der Waals surface area contributed by atoms with E-state index < -0.39 is 0 Å². The summed E-state index contributed by atoms with van der Waals surface area (Å²) in [4.78, 5) is 10.7. The number of hydrogen-bond acceptors (Lipinski definition) is 6. The van der Waals surface area contributed by atoms with E-state index in [0.29, 0.717) is 0 Å². The second-order valence-corrected chi connectivity index (χ2v) is 27.1. The molecule has 0 radical (unpaired) electrons. The van der Waals surface area contributed by atoms with Crippen LogP contribution in [0.3, 0.4) is 0 Å². The molecule has 11 aromatic rings. The van der Waals surface area contributed by atoms with Crippen molar-refractivity contribution in [3.63, 3.8) is 0 Å². The average molecular weight is 1070 g/mol. The van der Waals surface area contributed by atoms with Gasteiger partial charge in [0.15, 0.2) is 5.58 Å².